The minimum absolute atomic E-state index is 0.00447. The van der Waals surface area contributed by atoms with E-state index < -0.39 is 5.97 Å². The first-order valence-electron chi connectivity index (χ1n) is 4.63. The number of hydrogen-bond acceptors (Lipinski definition) is 4. The van der Waals surface area contributed by atoms with Crippen molar-refractivity contribution in [3.05, 3.63) is 23.3 Å². The van der Waals surface area contributed by atoms with Gasteiger partial charge in [0, 0.05) is 0 Å². The minimum atomic E-state index is -1.11. The molecule has 5 nitrogen and oxygen atoms in total. The molecule has 0 heterocycles. The van der Waals surface area contributed by atoms with E-state index in [9.17, 15) is 9.59 Å². The summed E-state index contributed by atoms with van der Waals surface area (Å²) in [5, 5.41) is 9.01. The lowest BCUT2D eigenvalue weighted by Gasteiger charge is -2.12. The monoisotopic (exact) mass is 302 g/mol. The van der Waals surface area contributed by atoms with Gasteiger partial charge in [-0.2, -0.15) is 0 Å². The van der Waals surface area contributed by atoms with Crippen LogP contribution in [0.15, 0.2) is 12.1 Å². The van der Waals surface area contributed by atoms with Gasteiger partial charge >= 0.3 is 5.97 Å². The van der Waals surface area contributed by atoms with Crippen LogP contribution in [0.25, 0.3) is 0 Å². The van der Waals surface area contributed by atoms with E-state index in [4.69, 9.17) is 14.6 Å². The smallest absolute Gasteiger partial charge is 0.335 e. The van der Waals surface area contributed by atoms with Crippen molar-refractivity contribution in [2.24, 2.45) is 0 Å². The van der Waals surface area contributed by atoms with Crippen molar-refractivity contribution in [1.82, 2.24) is 0 Å². The van der Waals surface area contributed by atoms with Crippen molar-refractivity contribution in [3.63, 3.8) is 0 Å². The summed E-state index contributed by atoms with van der Waals surface area (Å²) in [6, 6.07) is 2.58. The average Bonchev–Trinajstić information content (AvgIpc) is 2.35. The zero-order valence-electron chi connectivity index (χ0n) is 9.32. The summed E-state index contributed by atoms with van der Waals surface area (Å²) in [7, 11) is 2.73. The molecule has 0 saturated heterocycles. The molecule has 0 aromatic heterocycles. The van der Waals surface area contributed by atoms with E-state index in [2.05, 4.69) is 15.9 Å². The minimum Gasteiger partial charge on any atom is -0.496 e. The first kappa shape index (κ1) is 13.5. The topological polar surface area (TPSA) is 72.8 Å². The number of halogens is 1. The summed E-state index contributed by atoms with van der Waals surface area (Å²) in [4.78, 5) is 22.6. The summed E-state index contributed by atoms with van der Waals surface area (Å²) in [6.07, 6.45) is 0. The molecule has 0 spiro atoms. The predicted octanol–water partition coefficient (Wildman–Crippen LogP) is 1.98. The number of rotatable bonds is 5. The number of alkyl halides is 1. The Hall–Kier alpha value is -1.56. The van der Waals surface area contributed by atoms with Crippen molar-refractivity contribution in [2.75, 3.05) is 19.5 Å². The van der Waals surface area contributed by atoms with Gasteiger partial charge in [-0.1, -0.05) is 15.9 Å². The lowest BCUT2D eigenvalue weighted by molar-refractivity contribution is 0.0695. The van der Waals surface area contributed by atoms with Crippen LogP contribution in [0.4, 0.5) is 0 Å². The summed E-state index contributed by atoms with van der Waals surface area (Å²) < 4.78 is 10.0. The van der Waals surface area contributed by atoms with Crippen LogP contribution < -0.4 is 9.47 Å². The number of ether oxygens (including phenoxy) is 2. The van der Waals surface area contributed by atoms with Crippen LogP contribution in [-0.4, -0.2) is 36.4 Å². The first-order valence-corrected chi connectivity index (χ1v) is 5.75. The van der Waals surface area contributed by atoms with E-state index in [0.29, 0.717) is 0 Å². The molecule has 6 heteroatoms. The fourth-order valence-corrected chi connectivity index (χ4v) is 1.66. The molecule has 0 bridgehead atoms. The Morgan fingerprint density at radius 1 is 1.24 bits per heavy atom. The highest BCUT2D eigenvalue weighted by molar-refractivity contribution is 9.09. The van der Waals surface area contributed by atoms with E-state index in [-0.39, 0.29) is 33.7 Å². The molecule has 1 aromatic carbocycles. The number of hydrogen-bond donors (Lipinski definition) is 1. The van der Waals surface area contributed by atoms with Crippen LogP contribution >= 0.6 is 15.9 Å². The van der Waals surface area contributed by atoms with Crippen LogP contribution in [0.5, 0.6) is 11.5 Å². The fraction of sp³-hybridized carbons (Fsp3) is 0.273. The first-order chi connectivity index (χ1) is 8.04. The molecule has 0 atom stereocenters. The number of carbonyl (C=O) groups is 2. The van der Waals surface area contributed by atoms with Crippen LogP contribution in [-0.2, 0) is 0 Å². The van der Waals surface area contributed by atoms with Crippen LogP contribution in [0.3, 0.4) is 0 Å². The Morgan fingerprint density at radius 3 is 2.00 bits per heavy atom. The van der Waals surface area contributed by atoms with E-state index >= 15 is 0 Å². The highest BCUT2D eigenvalue weighted by atomic mass is 79.9. The zero-order valence-corrected chi connectivity index (χ0v) is 10.9. The van der Waals surface area contributed by atoms with Gasteiger partial charge in [0.1, 0.15) is 17.1 Å². The Kier molecular flexibility index (Phi) is 4.51. The third-order valence-electron chi connectivity index (χ3n) is 2.15. The van der Waals surface area contributed by atoms with E-state index in [1.807, 2.05) is 0 Å². The van der Waals surface area contributed by atoms with Gasteiger partial charge in [-0.25, -0.2) is 4.79 Å². The van der Waals surface area contributed by atoms with Crippen LogP contribution in [0.2, 0.25) is 0 Å². The van der Waals surface area contributed by atoms with E-state index in [1.54, 1.807) is 0 Å². The van der Waals surface area contributed by atoms with Gasteiger partial charge in [0.25, 0.3) is 0 Å². The number of aromatic carboxylic acids is 1. The largest absolute Gasteiger partial charge is 0.496 e. The Labute approximate surface area is 106 Å². The normalized spacial score (nSPS) is 9.82. The van der Waals surface area contributed by atoms with E-state index in [1.165, 1.54) is 26.4 Å². The van der Waals surface area contributed by atoms with Crippen molar-refractivity contribution >= 4 is 27.7 Å². The molecular formula is C11H11BrO5. The second-order valence-corrected chi connectivity index (χ2v) is 3.68. The molecule has 1 rings (SSSR count). The highest BCUT2D eigenvalue weighted by Gasteiger charge is 2.20. The molecule has 0 aliphatic rings. The van der Waals surface area contributed by atoms with E-state index in [0.717, 1.165) is 0 Å². The Bertz CT molecular complexity index is 430. The second kappa shape index (κ2) is 5.67. The number of carbonyl (C=O) groups excluding carboxylic acids is 1. The van der Waals surface area contributed by atoms with Crippen LogP contribution in [0.1, 0.15) is 20.7 Å². The molecule has 0 unspecified atom stereocenters. The number of ketones is 1. The lowest BCUT2D eigenvalue weighted by Crippen LogP contribution is -2.08. The summed E-state index contributed by atoms with van der Waals surface area (Å²) in [6.45, 7) is 0. The quantitative estimate of drug-likeness (QED) is 0.665. The van der Waals surface area contributed by atoms with Crippen molar-refractivity contribution in [1.29, 1.82) is 0 Å². The third-order valence-corrected chi connectivity index (χ3v) is 2.66. The molecule has 92 valence electrons. The molecule has 0 fully saturated rings. The molecule has 0 aliphatic carbocycles. The van der Waals surface area contributed by atoms with Gasteiger partial charge in [0.05, 0.1) is 25.1 Å². The third kappa shape index (κ3) is 2.76. The predicted molar refractivity (Wildman–Crippen MR) is 64.6 cm³/mol. The molecule has 1 N–H and O–H groups in total. The SMILES string of the molecule is COc1cc(C(=O)O)cc(OC)c1C(=O)CBr. The number of methoxy groups -OCH3 is 2. The maximum Gasteiger partial charge on any atom is 0.335 e. The molecular weight excluding hydrogens is 292 g/mol. The van der Waals surface area contributed by atoms with Crippen molar-refractivity contribution in [3.8, 4) is 11.5 Å². The zero-order chi connectivity index (χ0) is 13.0. The number of carboxylic acids is 1. The summed E-state index contributed by atoms with van der Waals surface area (Å²) in [5.74, 6) is -0.979. The summed E-state index contributed by atoms with van der Waals surface area (Å²) >= 11 is 3.05. The Morgan fingerprint density at radius 2 is 1.71 bits per heavy atom. The molecule has 0 aliphatic heterocycles. The average molecular weight is 303 g/mol. The van der Waals surface area contributed by atoms with Crippen molar-refractivity contribution < 1.29 is 24.2 Å². The summed E-state index contributed by atoms with van der Waals surface area (Å²) in [5.41, 5.74) is 0.238. The van der Waals surface area contributed by atoms with Gasteiger partial charge in [-0.15, -0.1) is 0 Å². The van der Waals surface area contributed by atoms with Gasteiger partial charge in [0.15, 0.2) is 5.78 Å². The molecule has 17 heavy (non-hydrogen) atoms. The number of benzene rings is 1. The fourth-order valence-electron chi connectivity index (χ4n) is 1.38. The maximum atomic E-state index is 11.7. The Balaban J connectivity index is 3.46. The van der Waals surface area contributed by atoms with Crippen LogP contribution in [0, 0.1) is 0 Å². The second-order valence-electron chi connectivity index (χ2n) is 3.12. The standard InChI is InChI=1S/C11H11BrO5/c1-16-8-3-6(11(14)15)4-9(17-2)10(8)7(13)5-12/h3-4H,5H2,1-2H3,(H,14,15). The van der Waals surface area contributed by atoms with Gasteiger partial charge in [0.2, 0.25) is 0 Å². The maximum absolute atomic E-state index is 11.7. The molecule has 1 aromatic rings. The molecule has 0 saturated carbocycles. The highest BCUT2D eigenvalue weighted by Crippen LogP contribution is 2.31. The van der Waals surface area contributed by atoms with Gasteiger partial charge in [-0.05, 0) is 12.1 Å². The lowest BCUT2D eigenvalue weighted by atomic mass is 10.1. The number of Topliss-reactive ketones (excluding diaryl/α,β-unsaturated/α-hetero) is 1. The molecule has 0 amide bonds. The van der Waals surface area contributed by atoms with Crippen molar-refractivity contribution in [2.45, 2.75) is 0 Å². The van der Waals surface area contributed by atoms with Gasteiger partial charge in [-0.3, -0.25) is 4.79 Å². The van der Waals surface area contributed by atoms with Gasteiger partial charge < -0.3 is 14.6 Å². The number of carboxylic acid groups (broad SMARTS) is 1. The molecule has 0 radical (unpaired) electrons.